The molecule has 0 aliphatic rings. The molecule has 2 aromatic carbocycles. The lowest BCUT2D eigenvalue weighted by Gasteiger charge is -2.10. The van der Waals surface area contributed by atoms with Gasteiger partial charge >= 0.3 is 0 Å². The van der Waals surface area contributed by atoms with E-state index in [1.807, 2.05) is 0 Å². The van der Waals surface area contributed by atoms with Crippen molar-refractivity contribution in [3.05, 3.63) is 58.1 Å². The van der Waals surface area contributed by atoms with E-state index >= 15 is 0 Å². The molecule has 2 N–H and O–H groups in total. The first kappa shape index (κ1) is 16.1. The third kappa shape index (κ3) is 4.11. The van der Waals surface area contributed by atoms with Crippen LogP contribution in [0.25, 0.3) is 0 Å². The van der Waals surface area contributed by atoms with Crippen LogP contribution in [-0.2, 0) is 16.4 Å². The summed E-state index contributed by atoms with van der Waals surface area (Å²) in [6.07, 6.45) is 0.483. The van der Waals surface area contributed by atoms with Crippen LogP contribution in [-0.4, -0.2) is 20.1 Å². The van der Waals surface area contributed by atoms with Crippen molar-refractivity contribution in [2.45, 2.75) is 11.3 Å². The van der Waals surface area contributed by atoms with Crippen molar-refractivity contribution in [1.82, 2.24) is 0 Å². The quantitative estimate of drug-likeness (QED) is 0.873. The minimum absolute atomic E-state index is 0.0186. The molecule has 0 radical (unpaired) electrons. The maximum Gasteiger partial charge on any atom is 0.261 e. The molecule has 0 saturated carbocycles. The summed E-state index contributed by atoms with van der Waals surface area (Å²) in [6, 6.07) is 10.8. The fraction of sp³-hybridized carbons (Fsp3) is 0.143. The van der Waals surface area contributed by atoms with E-state index in [2.05, 4.69) is 4.72 Å². The van der Waals surface area contributed by atoms with Gasteiger partial charge in [0.15, 0.2) is 0 Å². The van der Waals surface area contributed by atoms with E-state index in [-0.39, 0.29) is 22.2 Å². The van der Waals surface area contributed by atoms with Crippen LogP contribution in [0, 0.1) is 0 Å². The summed E-state index contributed by atoms with van der Waals surface area (Å²) in [5.41, 5.74) is 1.13. The van der Waals surface area contributed by atoms with Crippen molar-refractivity contribution in [2.75, 3.05) is 11.3 Å². The van der Waals surface area contributed by atoms with Crippen molar-refractivity contribution in [1.29, 1.82) is 0 Å². The Morgan fingerprint density at radius 1 is 1.05 bits per heavy atom. The van der Waals surface area contributed by atoms with Crippen LogP contribution in [0.15, 0.2) is 47.4 Å². The Bertz CT molecular complexity index is 730. The normalized spacial score (nSPS) is 11.4. The second-order valence-electron chi connectivity index (χ2n) is 4.35. The van der Waals surface area contributed by atoms with Crippen molar-refractivity contribution in [2.24, 2.45) is 0 Å². The molecule has 0 atom stereocenters. The zero-order chi connectivity index (χ0) is 15.5. The summed E-state index contributed by atoms with van der Waals surface area (Å²) in [5.74, 6) is 0. The molecule has 0 heterocycles. The fourth-order valence-electron chi connectivity index (χ4n) is 1.74. The summed E-state index contributed by atoms with van der Waals surface area (Å²) in [4.78, 5) is 0.121. The lowest BCUT2D eigenvalue weighted by molar-refractivity contribution is 0.299. The topological polar surface area (TPSA) is 66.4 Å². The average molecular weight is 346 g/mol. The molecular weight excluding hydrogens is 333 g/mol. The molecule has 0 fully saturated rings. The molecule has 4 nitrogen and oxygen atoms in total. The smallest absolute Gasteiger partial charge is 0.261 e. The van der Waals surface area contributed by atoms with Crippen LogP contribution < -0.4 is 4.72 Å². The lowest BCUT2D eigenvalue weighted by Crippen LogP contribution is -2.13. The number of rotatable bonds is 5. The largest absolute Gasteiger partial charge is 0.396 e. The summed E-state index contributed by atoms with van der Waals surface area (Å²) in [7, 11) is -3.72. The maximum absolute atomic E-state index is 12.3. The average Bonchev–Trinajstić information content (AvgIpc) is 2.43. The molecule has 0 aliphatic heterocycles. The van der Waals surface area contributed by atoms with Gasteiger partial charge in [-0.05, 0) is 42.3 Å². The van der Waals surface area contributed by atoms with Gasteiger partial charge in [0.25, 0.3) is 10.0 Å². The summed E-state index contributed by atoms with van der Waals surface area (Å²) in [6.45, 7) is 0.0186. The van der Waals surface area contributed by atoms with E-state index in [1.165, 1.54) is 24.3 Å². The zero-order valence-corrected chi connectivity index (χ0v) is 13.2. The minimum Gasteiger partial charge on any atom is -0.396 e. The number of hydrogen-bond donors (Lipinski definition) is 2. The highest BCUT2D eigenvalue weighted by Crippen LogP contribution is 2.27. The van der Waals surface area contributed by atoms with Gasteiger partial charge < -0.3 is 5.11 Å². The minimum atomic E-state index is -3.72. The molecule has 7 heteroatoms. The van der Waals surface area contributed by atoms with Gasteiger partial charge in [0.1, 0.15) is 0 Å². The van der Waals surface area contributed by atoms with Crippen molar-refractivity contribution >= 4 is 38.9 Å². The van der Waals surface area contributed by atoms with Gasteiger partial charge in [0.05, 0.1) is 15.6 Å². The second-order valence-corrected chi connectivity index (χ2v) is 6.87. The van der Waals surface area contributed by atoms with Crippen LogP contribution in [0.2, 0.25) is 10.0 Å². The highest BCUT2D eigenvalue weighted by molar-refractivity contribution is 7.92. The van der Waals surface area contributed by atoms with Gasteiger partial charge in [0, 0.05) is 11.6 Å². The third-order valence-corrected chi connectivity index (χ3v) is 4.74. The number of anilines is 1. The molecule has 0 saturated heterocycles. The van der Waals surface area contributed by atoms with Crippen LogP contribution >= 0.6 is 23.2 Å². The SMILES string of the molecule is O=S(=O)(Nc1ccc(Cl)cc1Cl)c1ccc(CCO)cc1. The number of aliphatic hydroxyl groups is 1. The van der Waals surface area contributed by atoms with E-state index < -0.39 is 10.0 Å². The van der Waals surface area contributed by atoms with Crippen molar-refractivity contribution < 1.29 is 13.5 Å². The Morgan fingerprint density at radius 2 is 1.71 bits per heavy atom. The number of nitrogens with one attached hydrogen (secondary N) is 1. The molecule has 0 aromatic heterocycles. The number of benzene rings is 2. The zero-order valence-electron chi connectivity index (χ0n) is 10.9. The first-order valence-corrected chi connectivity index (χ1v) is 8.34. The summed E-state index contributed by atoms with van der Waals surface area (Å²) in [5, 5.41) is 9.49. The predicted molar refractivity (Wildman–Crippen MR) is 84.5 cm³/mol. The van der Waals surface area contributed by atoms with Gasteiger partial charge in [-0.25, -0.2) is 8.42 Å². The number of sulfonamides is 1. The number of halogens is 2. The highest BCUT2D eigenvalue weighted by Gasteiger charge is 2.15. The van der Waals surface area contributed by atoms with E-state index in [0.29, 0.717) is 11.4 Å². The van der Waals surface area contributed by atoms with Crippen LogP contribution in [0.4, 0.5) is 5.69 Å². The van der Waals surface area contributed by atoms with E-state index in [1.54, 1.807) is 18.2 Å². The Balaban J connectivity index is 2.25. The molecule has 0 unspecified atom stereocenters. The molecular formula is C14H13Cl2NO3S. The van der Waals surface area contributed by atoms with Gasteiger partial charge in [-0.15, -0.1) is 0 Å². The molecule has 2 rings (SSSR count). The van der Waals surface area contributed by atoms with Crippen LogP contribution in [0.5, 0.6) is 0 Å². The Hall–Kier alpha value is -1.27. The van der Waals surface area contributed by atoms with Gasteiger partial charge in [0.2, 0.25) is 0 Å². The molecule has 0 amide bonds. The number of hydrogen-bond acceptors (Lipinski definition) is 3. The second kappa shape index (κ2) is 6.66. The van der Waals surface area contributed by atoms with Crippen LogP contribution in [0.1, 0.15) is 5.56 Å². The molecule has 2 aromatic rings. The molecule has 21 heavy (non-hydrogen) atoms. The lowest BCUT2D eigenvalue weighted by atomic mass is 10.2. The van der Waals surface area contributed by atoms with Gasteiger partial charge in [-0.3, -0.25) is 4.72 Å². The Kier molecular flexibility index (Phi) is 5.11. The van der Waals surface area contributed by atoms with E-state index in [4.69, 9.17) is 28.3 Å². The Labute approximate surface area is 133 Å². The van der Waals surface area contributed by atoms with Gasteiger partial charge in [-0.1, -0.05) is 35.3 Å². The van der Waals surface area contributed by atoms with E-state index in [0.717, 1.165) is 5.56 Å². The standard InChI is InChI=1S/C14H13Cl2NO3S/c15-11-3-6-14(13(16)9-11)17-21(19,20)12-4-1-10(2-5-12)7-8-18/h1-6,9,17-18H,7-8H2. The first-order valence-electron chi connectivity index (χ1n) is 6.10. The first-order chi connectivity index (χ1) is 9.92. The van der Waals surface area contributed by atoms with E-state index in [9.17, 15) is 8.42 Å². The number of aliphatic hydroxyl groups excluding tert-OH is 1. The molecule has 0 bridgehead atoms. The van der Waals surface area contributed by atoms with Crippen molar-refractivity contribution in [3.8, 4) is 0 Å². The monoisotopic (exact) mass is 345 g/mol. The summed E-state index contributed by atoms with van der Waals surface area (Å²) < 4.78 is 26.9. The fourth-order valence-corrected chi connectivity index (χ4v) is 3.33. The maximum atomic E-state index is 12.3. The third-order valence-electron chi connectivity index (χ3n) is 2.81. The Morgan fingerprint density at radius 3 is 2.29 bits per heavy atom. The summed E-state index contributed by atoms with van der Waals surface area (Å²) >= 11 is 11.7. The van der Waals surface area contributed by atoms with Crippen molar-refractivity contribution in [3.63, 3.8) is 0 Å². The predicted octanol–water partition coefficient (Wildman–Crippen LogP) is 3.33. The highest BCUT2D eigenvalue weighted by atomic mass is 35.5. The molecule has 0 spiro atoms. The van der Waals surface area contributed by atoms with Gasteiger partial charge in [-0.2, -0.15) is 0 Å². The molecule has 0 aliphatic carbocycles. The van der Waals surface area contributed by atoms with Crippen LogP contribution in [0.3, 0.4) is 0 Å². The molecule has 112 valence electrons.